The molecule has 0 aromatic heterocycles. The summed E-state index contributed by atoms with van der Waals surface area (Å²) in [6, 6.07) is 1.83. The molecule has 1 aliphatic rings. The Morgan fingerprint density at radius 2 is 1.95 bits per heavy atom. The summed E-state index contributed by atoms with van der Waals surface area (Å²) < 4.78 is 58.6. The lowest BCUT2D eigenvalue weighted by Crippen LogP contribution is -2.41. The highest BCUT2D eigenvalue weighted by Gasteiger charge is 2.38. The Morgan fingerprint density at radius 3 is 2.48 bits per heavy atom. The van der Waals surface area contributed by atoms with Gasteiger partial charge >= 0.3 is 6.18 Å². The zero-order valence-electron chi connectivity index (χ0n) is 11.7. The van der Waals surface area contributed by atoms with Gasteiger partial charge in [-0.25, -0.2) is 0 Å². The average Bonchev–Trinajstić information content (AvgIpc) is 2.68. The van der Waals surface area contributed by atoms with Crippen LogP contribution in [0.3, 0.4) is 0 Å². The van der Waals surface area contributed by atoms with Crippen molar-refractivity contribution in [2.75, 3.05) is 6.61 Å². The van der Waals surface area contributed by atoms with Crippen LogP contribution in [0.25, 0.3) is 0 Å². The van der Waals surface area contributed by atoms with Crippen LogP contribution in [0.4, 0.5) is 13.2 Å². The lowest BCUT2D eigenvalue weighted by Gasteiger charge is -2.26. The Morgan fingerprint density at radius 1 is 1.33 bits per heavy atom. The number of fused-ring (bicyclic) bond motifs is 1. The third-order valence-electron chi connectivity index (χ3n) is 2.99. The van der Waals surface area contributed by atoms with Crippen molar-refractivity contribution in [1.29, 1.82) is 0 Å². The molecule has 0 spiro atoms. The zero-order valence-corrected chi connectivity index (χ0v) is 14.1. The summed E-state index contributed by atoms with van der Waals surface area (Å²) in [5.74, 6) is 0.373. The van der Waals surface area contributed by atoms with Crippen LogP contribution >= 0.6 is 15.9 Å². The minimum Gasteiger partial charge on any atom is -0.598 e. The number of nitrogens with one attached hydrogen (secondary N) is 1. The molecule has 0 bridgehead atoms. The van der Waals surface area contributed by atoms with Crippen molar-refractivity contribution < 1.29 is 22.5 Å². The molecule has 1 N–H and O–H groups in total. The number of alkyl halides is 3. The molecule has 2 rings (SSSR count). The Balaban J connectivity index is 2.31. The Kier molecular flexibility index (Phi) is 4.55. The molecule has 0 saturated heterocycles. The second-order valence-corrected chi connectivity index (χ2v) is 8.58. The maximum atomic E-state index is 12.9. The SMILES string of the molecule is CC(C)(C)[S+]([O-])NC1COc2cc(Br)c(C(F)(F)F)cc21. The van der Waals surface area contributed by atoms with Crippen LogP contribution in [0, 0.1) is 0 Å². The number of hydrogen-bond acceptors (Lipinski definition) is 3. The van der Waals surface area contributed by atoms with E-state index in [2.05, 4.69) is 20.7 Å². The van der Waals surface area contributed by atoms with E-state index >= 15 is 0 Å². The first-order valence-corrected chi connectivity index (χ1v) is 8.16. The predicted molar refractivity (Wildman–Crippen MR) is 78.4 cm³/mol. The van der Waals surface area contributed by atoms with Gasteiger partial charge < -0.3 is 9.29 Å². The first-order chi connectivity index (χ1) is 9.50. The summed E-state index contributed by atoms with van der Waals surface area (Å²) in [5.41, 5.74) is -0.386. The van der Waals surface area contributed by atoms with Gasteiger partial charge in [0.05, 0.1) is 5.56 Å². The Bertz CT molecular complexity index is 545. The van der Waals surface area contributed by atoms with E-state index in [0.29, 0.717) is 11.3 Å². The van der Waals surface area contributed by atoms with Gasteiger partial charge in [0.25, 0.3) is 0 Å². The molecule has 21 heavy (non-hydrogen) atoms. The molecule has 0 aliphatic carbocycles. The highest BCUT2D eigenvalue weighted by Crippen LogP contribution is 2.43. The van der Waals surface area contributed by atoms with Crippen LogP contribution < -0.4 is 9.46 Å². The van der Waals surface area contributed by atoms with Gasteiger partial charge in [0, 0.05) is 21.4 Å². The van der Waals surface area contributed by atoms with Crippen LogP contribution in [0.15, 0.2) is 16.6 Å². The second-order valence-electron chi connectivity index (χ2n) is 5.73. The first-order valence-electron chi connectivity index (χ1n) is 6.21. The van der Waals surface area contributed by atoms with Gasteiger partial charge in [-0.15, -0.1) is 4.72 Å². The normalized spacial score (nSPS) is 20.1. The van der Waals surface area contributed by atoms with Gasteiger partial charge in [0.2, 0.25) is 0 Å². The van der Waals surface area contributed by atoms with Gasteiger partial charge in [-0.1, -0.05) is 15.9 Å². The molecule has 1 aromatic carbocycles. The molecule has 1 heterocycles. The molecular weight excluding hydrogens is 371 g/mol. The molecule has 1 aromatic rings. The third kappa shape index (κ3) is 3.67. The maximum absolute atomic E-state index is 12.9. The minimum atomic E-state index is -4.45. The Hall–Kier alpha value is -0.440. The minimum absolute atomic E-state index is 0.0636. The smallest absolute Gasteiger partial charge is 0.417 e. The van der Waals surface area contributed by atoms with Gasteiger partial charge in [0.1, 0.15) is 23.1 Å². The molecule has 0 amide bonds. The lowest BCUT2D eigenvalue weighted by molar-refractivity contribution is -0.138. The zero-order chi connectivity index (χ0) is 16.0. The third-order valence-corrected chi connectivity index (χ3v) is 5.26. The van der Waals surface area contributed by atoms with Crippen molar-refractivity contribution in [2.24, 2.45) is 0 Å². The molecule has 1 aliphatic heterocycles. The standard InChI is InChI=1S/C13H15BrF3NO2S/c1-12(2,3)21(19)18-10-6-20-11-5-9(14)8(4-7(10)11)13(15,16)17/h4-5,10,18H,6H2,1-3H3. The lowest BCUT2D eigenvalue weighted by atomic mass is 10.1. The first kappa shape index (κ1) is 16.9. The topological polar surface area (TPSA) is 44.3 Å². The van der Waals surface area contributed by atoms with Crippen LogP contribution in [0.5, 0.6) is 5.75 Å². The number of ether oxygens (including phenoxy) is 1. The molecule has 118 valence electrons. The molecule has 2 unspecified atom stereocenters. The highest BCUT2D eigenvalue weighted by atomic mass is 79.9. The van der Waals surface area contributed by atoms with E-state index < -0.39 is 33.9 Å². The van der Waals surface area contributed by atoms with E-state index in [0.717, 1.165) is 6.07 Å². The van der Waals surface area contributed by atoms with Crippen LogP contribution in [-0.2, 0) is 17.5 Å². The van der Waals surface area contributed by atoms with E-state index in [1.165, 1.54) is 6.07 Å². The average molecular weight is 386 g/mol. The molecule has 3 nitrogen and oxygen atoms in total. The summed E-state index contributed by atoms with van der Waals surface area (Å²) >= 11 is 1.52. The van der Waals surface area contributed by atoms with Crippen molar-refractivity contribution in [3.05, 3.63) is 27.7 Å². The largest absolute Gasteiger partial charge is 0.598 e. The number of hydrogen-bond donors (Lipinski definition) is 1. The molecule has 2 atom stereocenters. The summed E-state index contributed by atoms with van der Waals surface area (Å²) in [4.78, 5) is 0. The van der Waals surface area contributed by atoms with E-state index in [-0.39, 0.29) is 11.1 Å². The van der Waals surface area contributed by atoms with Crippen LogP contribution in [0.2, 0.25) is 0 Å². The number of halogens is 4. The van der Waals surface area contributed by atoms with E-state index in [1.807, 2.05) is 0 Å². The van der Waals surface area contributed by atoms with Crippen molar-refractivity contribution in [3.8, 4) is 5.75 Å². The van der Waals surface area contributed by atoms with Crippen LogP contribution in [0.1, 0.15) is 37.9 Å². The van der Waals surface area contributed by atoms with E-state index in [1.54, 1.807) is 20.8 Å². The monoisotopic (exact) mass is 385 g/mol. The van der Waals surface area contributed by atoms with Gasteiger partial charge in [-0.2, -0.15) is 13.2 Å². The van der Waals surface area contributed by atoms with Crippen molar-refractivity contribution in [1.82, 2.24) is 4.72 Å². The summed E-state index contributed by atoms with van der Waals surface area (Å²) in [6.07, 6.45) is -4.45. The fourth-order valence-corrected chi connectivity index (χ4v) is 3.21. The van der Waals surface area contributed by atoms with E-state index in [9.17, 15) is 17.7 Å². The second kappa shape index (κ2) is 5.64. The fourth-order valence-electron chi connectivity index (χ4n) is 1.85. The molecule has 8 heteroatoms. The van der Waals surface area contributed by atoms with Crippen molar-refractivity contribution in [3.63, 3.8) is 0 Å². The summed E-state index contributed by atoms with van der Waals surface area (Å²) in [6.45, 7) is 5.52. The quantitative estimate of drug-likeness (QED) is 0.783. The Labute approximate surface area is 132 Å². The van der Waals surface area contributed by atoms with Crippen molar-refractivity contribution in [2.45, 2.75) is 37.7 Å². The summed E-state index contributed by atoms with van der Waals surface area (Å²) in [7, 11) is 0. The van der Waals surface area contributed by atoms with Gasteiger partial charge in [-0.3, -0.25) is 0 Å². The number of benzene rings is 1. The van der Waals surface area contributed by atoms with Gasteiger partial charge in [-0.05, 0) is 32.9 Å². The number of rotatable bonds is 2. The van der Waals surface area contributed by atoms with Crippen molar-refractivity contribution >= 4 is 27.3 Å². The molecule has 0 saturated carbocycles. The highest BCUT2D eigenvalue weighted by molar-refractivity contribution is 9.10. The maximum Gasteiger partial charge on any atom is 0.417 e. The summed E-state index contributed by atoms with van der Waals surface area (Å²) in [5, 5.41) is 0. The van der Waals surface area contributed by atoms with Gasteiger partial charge in [0.15, 0.2) is 0 Å². The fraction of sp³-hybridized carbons (Fsp3) is 0.538. The van der Waals surface area contributed by atoms with E-state index in [4.69, 9.17) is 4.74 Å². The molecule has 0 fully saturated rings. The predicted octanol–water partition coefficient (Wildman–Crippen LogP) is 3.95. The molecular formula is C13H15BrF3NO2S. The van der Waals surface area contributed by atoms with Crippen LogP contribution in [-0.4, -0.2) is 15.9 Å². The molecule has 0 radical (unpaired) electrons.